The summed E-state index contributed by atoms with van der Waals surface area (Å²) in [6, 6.07) is 0. The van der Waals surface area contributed by atoms with Crippen LogP contribution in [0.5, 0.6) is 0 Å². The Morgan fingerprint density at radius 1 is 1.54 bits per heavy atom. The monoisotopic (exact) mass is 221 g/mol. The van der Waals surface area contributed by atoms with Gasteiger partial charge >= 0.3 is 5.97 Å². The Morgan fingerprint density at radius 2 is 2.38 bits per heavy atom. The molecule has 0 aliphatic carbocycles. The first-order valence-electron chi connectivity index (χ1n) is 4.41. The van der Waals surface area contributed by atoms with Gasteiger partial charge in [-0.3, -0.25) is 4.79 Å². The van der Waals surface area contributed by atoms with E-state index >= 15 is 0 Å². The highest BCUT2D eigenvalue weighted by atomic mass is 32.2. The fraction of sp³-hybridized carbons (Fsp3) is 0.875. The number of hydrogen-bond acceptors (Lipinski definition) is 4. The smallest absolute Gasteiger partial charge is 0.304 e. The number of carboxylic acids is 1. The van der Waals surface area contributed by atoms with E-state index in [1.165, 1.54) is 17.3 Å². The number of thioether (sulfide) groups is 2. The van der Waals surface area contributed by atoms with Crippen molar-refractivity contribution in [1.29, 1.82) is 0 Å². The molecule has 1 fully saturated rings. The molecule has 1 unspecified atom stereocenters. The number of nitrogens with one attached hydrogen (secondary N) is 1. The molecule has 1 saturated heterocycles. The van der Waals surface area contributed by atoms with Crippen molar-refractivity contribution in [2.75, 3.05) is 30.3 Å². The summed E-state index contributed by atoms with van der Waals surface area (Å²) in [6.07, 6.45) is 0.227. The van der Waals surface area contributed by atoms with Crippen LogP contribution in [-0.2, 0) is 4.79 Å². The molecule has 0 radical (unpaired) electrons. The van der Waals surface area contributed by atoms with Crippen molar-refractivity contribution < 1.29 is 9.90 Å². The van der Waals surface area contributed by atoms with Gasteiger partial charge in [0.2, 0.25) is 0 Å². The summed E-state index contributed by atoms with van der Waals surface area (Å²) in [6.45, 7) is 1.54. The maximum atomic E-state index is 10.2. The van der Waals surface area contributed by atoms with Gasteiger partial charge in [-0.25, -0.2) is 0 Å². The summed E-state index contributed by atoms with van der Waals surface area (Å²) in [7, 11) is 0. The molecule has 0 spiro atoms. The second kappa shape index (κ2) is 6.56. The van der Waals surface area contributed by atoms with Crippen molar-refractivity contribution >= 4 is 29.5 Å². The molecule has 1 heterocycles. The Hall–Kier alpha value is 0.130. The largest absolute Gasteiger partial charge is 0.481 e. The van der Waals surface area contributed by atoms with Gasteiger partial charge in [-0.1, -0.05) is 0 Å². The van der Waals surface area contributed by atoms with Gasteiger partial charge in [0, 0.05) is 35.6 Å². The fourth-order valence-corrected chi connectivity index (χ4v) is 3.76. The normalized spacial score (nSPS) is 22.9. The zero-order chi connectivity index (χ0) is 9.52. The second-order valence-electron chi connectivity index (χ2n) is 2.92. The number of carboxylic acid groups (broad SMARTS) is 1. The van der Waals surface area contributed by atoms with Crippen LogP contribution < -0.4 is 5.32 Å². The van der Waals surface area contributed by atoms with Gasteiger partial charge in [0.25, 0.3) is 0 Å². The Morgan fingerprint density at radius 3 is 3.00 bits per heavy atom. The van der Waals surface area contributed by atoms with Gasteiger partial charge in [-0.05, 0) is 0 Å². The summed E-state index contributed by atoms with van der Waals surface area (Å²) >= 11 is 3.98. The van der Waals surface area contributed by atoms with Crippen LogP contribution in [0.4, 0.5) is 0 Å². The average molecular weight is 221 g/mol. The summed E-state index contributed by atoms with van der Waals surface area (Å²) in [5.41, 5.74) is 0. The first-order chi connectivity index (χ1) is 6.29. The summed E-state index contributed by atoms with van der Waals surface area (Å²) < 4.78 is 0. The molecule has 76 valence electrons. The predicted octanol–water partition coefficient (Wildman–Crippen LogP) is 0.899. The quantitative estimate of drug-likeness (QED) is 0.676. The van der Waals surface area contributed by atoms with Crippen LogP contribution in [0.2, 0.25) is 0 Å². The van der Waals surface area contributed by atoms with Gasteiger partial charge in [-0.15, -0.1) is 0 Å². The Bertz CT molecular complexity index is 160. The lowest BCUT2D eigenvalue weighted by Crippen LogP contribution is -2.30. The first-order valence-corrected chi connectivity index (χ1v) is 6.61. The molecule has 5 heteroatoms. The molecular weight excluding hydrogens is 206 g/mol. The fourth-order valence-electron chi connectivity index (χ4n) is 1.11. The minimum Gasteiger partial charge on any atom is -0.481 e. The van der Waals surface area contributed by atoms with E-state index < -0.39 is 5.97 Å². The van der Waals surface area contributed by atoms with E-state index in [0.717, 1.165) is 6.54 Å². The molecule has 3 nitrogen and oxygen atoms in total. The van der Waals surface area contributed by atoms with E-state index in [-0.39, 0.29) is 6.42 Å². The third-order valence-electron chi connectivity index (χ3n) is 1.77. The minimum atomic E-state index is -0.724. The molecule has 0 amide bonds. The third-order valence-corrected chi connectivity index (χ3v) is 4.62. The molecular formula is C8H15NO2S2. The Kier molecular flexibility index (Phi) is 5.66. The van der Waals surface area contributed by atoms with Gasteiger partial charge in [-0.2, -0.15) is 23.5 Å². The highest BCUT2D eigenvalue weighted by Gasteiger charge is 2.13. The van der Waals surface area contributed by atoms with E-state index in [4.69, 9.17) is 5.11 Å². The highest BCUT2D eigenvalue weighted by Crippen LogP contribution is 2.23. The van der Waals surface area contributed by atoms with Gasteiger partial charge in [0.1, 0.15) is 0 Å². The molecule has 0 saturated carbocycles. The van der Waals surface area contributed by atoms with E-state index in [0.29, 0.717) is 11.8 Å². The molecule has 13 heavy (non-hydrogen) atoms. The lowest BCUT2D eigenvalue weighted by Gasteiger charge is -2.20. The van der Waals surface area contributed by atoms with Crippen LogP contribution in [0.15, 0.2) is 0 Å². The maximum Gasteiger partial charge on any atom is 0.304 e. The van der Waals surface area contributed by atoms with Crippen molar-refractivity contribution in [1.82, 2.24) is 5.32 Å². The summed E-state index contributed by atoms with van der Waals surface area (Å²) in [5, 5.41) is 12.2. The zero-order valence-electron chi connectivity index (χ0n) is 7.49. The molecule has 1 rings (SSSR count). The average Bonchev–Trinajstić information content (AvgIpc) is 2.14. The lowest BCUT2D eigenvalue weighted by molar-refractivity contribution is -0.136. The molecule has 0 aromatic rings. The van der Waals surface area contributed by atoms with Crippen LogP contribution in [0, 0.1) is 0 Å². The molecule has 1 aliphatic rings. The maximum absolute atomic E-state index is 10.2. The van der Waals surface area contributed by atoms with Gasteiger partial charge in [0.15, 0.2) is 0 Å². The summed E-state index contributed by atoms with van der Waals surface area (Å²) in [4.78, 5) is 10.2. The molecule has 2 N–H and O–H groups in total. The van der Waals surface area contributed by atoms with Crippen LogP contribution in [-0.4, -0.2) is 46.7 Å². The zero-order valence-corrected chi connectivity index (χ0v) is 9.12. The van der Waals surface area contributed by atoms with Crippen LogP contribution in [0.25, 0.3) is 0 Å². The van der Waals surface area contributed by atoms with Gasteiger partial charge in [0.05, 0.1) is 6.42 Å². The van der Waals surface area contributed by atoms with Gasteiger partial charge < -0.3 is 10.4 Å². The second-order valence-corrected chi connectivity index (χ2v) is 5.47. The van der Waals surface area contributed by atoms with Crippen molar-refractivity contribution in [3.63, 3.8) is 0 Å². The number of hydrogen-bond donors (Lipinski definition) is 2. The van der Waals surface area contributed by atoms with E-state index in [1.807, 2.05) is 23.5 Å². The molecule has 0 aromatic heterocycles. The number of rotatable bonds is 5. The molecule has 1 atom stereocenters. The minimum absolute atomic E-state index is 0.227. The third kappa shape index (κ3) is 5.44. The Balaban J connectivity index is 1.95. The Labute approximate surface area is 87.0 Å². The summed E-state index contributed by atoms with van der Waals surface area (Å²) in [5.74, 6) is 2.97. The van der Waals surface area contributed by atoms with Crippen molar-refractivity contribution in [3.8, 4) is 0 Å². The topological polar surface area (TPSA) is 49.3 Å². The molecule has 1 aliphatic heterocycles. The predicted molar refractivity (Wildman–Crippen MR) is 58.7 cm³/mol. The van der Waals surface area contributed by atoms with E-state index in [1.54, 1.807) is 0 Å². The lowest BCUT2D eigenvalue weighted by atomic mass is 10.4. The van der Waals surface area contributed by atoms with Crippen molar-refractivity contribution in [3.05, 3.63) is 0 Å². The van der Waals surface area contributed by atoms with Crippen LogP contribution in [0.3, 0.4) is 0 Å². The highest BCUT2D eigenvalue weighted by molar-refractivity contribution is 8.06. The molecule has 0 bridgehead atoms. The number of aliphatic carboxylic acids is 1. The molecule has 0 aromatic carbocycles. The first kappa shape index (κ1) is 11.2. The van der Waals surface area contributed by atoms with Crippen LogP contribution in [0.1, 0.15) is 6.42 Å². The number of carbonyl (C=O) groups is 1. The standard InChI is InChI=1S/C8H15NO2S2/c10-8(11)1-2-9-5-7-6-12-3-4-13-7/h7,9H,1-6H2,(H,10,11). The van der Waals surface area contributed by atoms with Crippen molar-refractivity contribution in [2.45, 2.75) is 11.7 Å². The van der Waals surface area contributed by atoms with Crippen molar-refractivity contribution in [2.24, 2.45) is 0 Å². The van der Waals surface area contributed by atoms with Crippen LogP contribution >= 0.6 is 23.5 Å². The van der Waals surface area contributed by atoms with E-state index in [2.05, 4.69) is 5.32 Å². The van der Waals surface area contributed by atoms with E-state index in [9.17, 15) is 4.79 Å². The SMILES string of the molecule is O=C(O)CCNCC1CSCCS1.